The van der Waals surface area contributed by atoms with E-state index >= 15 is 0 Å². The molecule has 0 bridgehead atoms. The predicted molar refractivity (Wildman–Crippen MR) is 89.0 cm³/mol. The molecule has 0 unspecified atom stereocenters. The number of benzene rings is 1. The summed E-state index contributed by atoms with van der Waals surface area (Å²) in [6.07, 6.45) is 6.03. The van der Waals surface area contributed by atoms with E-state index in [0.29, 0.717) is 0 Å². The second kappa shape index (κ2) is 9.20. The molecule has 0 saturated carbocycles. The normalized spacial score (nSPS) is 10.0. The first-order valence-electron chi connectivity index (χ1n) is 7.31. The van der Waals surface area contributed by atoms with Gasteiger partial charge in [0, 0.05) is 18.0 Å². The van der Waals surface area contributed by atoms with Crippen LogP contribution in [0.15, 0.2) is 36.5 Å². The number of aryl methyl sites for hydroxylation is 1. The zero-order valence-electron chi connectivity index (χ0n) is 12.8. The Balaban J connectivity index is 0.00000264. The van der Waals surface area contributed by atoms with Gasteiger partial charge in [-0.05, 0) is 36.6 Å². The molecule has 1 aromatic carbocycles. The van der Waals surface area contributed by atoms with Gasteiger partial charge < -0.3 is 5.32 Å². The van der Waals surface area contributed by atoms with E-state index in [9.17, 15) is 13.6 Å². The largest absolute Gasteiger partial charge is 0.321 e. The van der Waals surface area contributed by atoms with Crippen molar-refractivity contribution in [3.05, 3.63) is 59.4 Å². The fraction of sp³-hybridized carbons (Fsp3) is 0.294. The minimum atomic E-state index is -1.00. The van der Waals surface area contributed by atoms with Gasteiger partial charge in [0.15, 0.2) is 11.6 Å². The summed E-state index contributed by atoms with van der Waals surface area (Å²) in [5.74, 6) is -2.41. The second-order valence-electron chi connectivity index (χ2n) is 5.09. The summed E-state index contributed by atoms with van der Waals surface area (Å²) in [6, 6.07) is 6.70. The number of carbonyl (C=O) groups is 1. The van der Waals surface area contributed by atoms with E-state index in [-0.39, 0.29) is 23.8 Å². The van der Waals surface area contributed by atoms with E-state index in [4.69, 9.17) is 0 Å². The molecular formula is C17H19ClF2N2O. The maximum atomic E-state index is 13.1. The van der Waals surface area contributed by atoms with Crippen LogP contribution in [0.25, 0.3) is 0 Å². The molecule has 2 rings (SSSR count). The summed E-state index contributed by atoms with van der Waals surface area (Å²) in [6.45, 7) is 2.14. The van der Waals surface area contributed by atoms with Crippen molar-refractivity contribution in [2.75, 3.05) is 5.32 Å². The van der Waals surface area contributed by atoms with Crippen molar-refractivity contribution in [1.29, 1.82) is 0 Å². The summed E-state index contributed by atoms with van der Waals surface area (Å²) in [7, 11) is 0. The van der Waals surface area contributed by atoms with Gasteiger partial charge in [0.25, 0.3) is 5.91 Å². The molecule has 1 heterocycles. The summed E-state index contributed by atoms with van der Waals surface area (Å²) in [5, 5.41) is 2.49. The van der Waals surface area contributed by atoms with Crippen LogP contribution in [0.2, 0.25) is 0 Å². The molecule has 0 fully saturated rings. The van der Waals surface area contributed by atoms with Gasteiger partial charge in [0.2, 0.25) is 0 Å². The molecular weight excluding hydrogens is 322 g/mol. The van der Waals surface area contributed by atoms with E-state index in [2.05, 4.69) is 17.2 Å². The zero-order chi connectivity index (χ0) is 15.9. The van der Waals surface area contributed by atoms with Crippen molar-refractivity contribution in [2.45, 2.75) is 32.6 Å². The highest BCUT2D eigenvalue weighted by atomic mass is 35.5. The summed E-state index contributed by atoms with van der Waals surface area (Å²) >= 11 is 0. The summed E-state index contributed by atoms with van der Waals surface area (Å²) < 4.78 is 25.9. The Kier molecular flexibility index (Phi) is 7.62. The monoisotopic (exact) mass is 340 g/mol. The van der Waals surface area contributed by atoms with Gasteiger partial charge in [-0.25, -0.2) is 8.78 Å². The average Bonchev–Trinajstić information content (AvgIpc) is 2.52. The van der Waals surface area contributed by atoms with Crippen molar-refractivity contribution in [1.82, 2.24) is 4.98 Å². The molecule has 0 saturated heterocycles. The fourth-order valence-corrected chi connectivity index (χ4v) is 2.05. The summed E-state index contributed by atoms with van der Waals surface area (Å²) in [5.41, 5.74) is 1.51. The molecule has 1 aromatic heterocycles. The number of halogens is 3. The van der Waals surface area contributed by atoms with Gasteiger partial charge >= 0.3 is 0 Å². The third-order valence-corrected chi connectivity index (χ3v) is 3.30. The lowest BCUT2D eigenvalue weighted by Crippen LogP contribution is -2.14. The number of carbonyl (C=O) groups excluding carboxylic acids is 1. The highest BCUT2D eigenvalue weighted by Gasteiger charge is 2.09. The van der Waals surface area contributed by atoms with Crippen LogP contribution < -0.4 is 5.32 Å². The minimum Gasteiger partial charge on any atom is -0.321 e. The van der Waals surface area contributed by atoms with E-state index < -0.39 is 17.5 Å². The molecule has 0 aliphatic carbocycles. The first-order valence-corrected chi connectivity index (χ1v) is 7.31. The lowest BCUT2D eigenvalue weighted by Gasteiger charge is -2.06. The maximum Gasteiger partial charge on any atom is 0.274 e. The van der Waals surface area contributed by atoms with Crippen LogP contribution in [0.1, 0.15) is 42.2 Å². The van der Waals surface area contributed by atoms with Crippen LogP contribution in [0.5, 0.6) is 0 Å². The Bertz CT molecular complexity index is 648. The Morgan fingerprint density at radius 3 is 2.52 bits per heavy atom. The minimum absolute atomic E-state index is 0. The molecule has 0 aliphatic heterocycles. The third-order valence-electron chi connectivity index (χ3n) is 3.30. The van der Waals surface area contributed by atoms with Crippen molar-refractivity contribution in [3.63, 3.8) is 0 Å². The van der Waals surface area contributed by atoms with Crippen LogP contribution >= 0.6 is 12.4 Å². The number of hydrogen-bond donors (Lipinski definition) is 1. The maximum absolute atomic E-state index is 13.1. The van der Waals surface area contributed by atoms with Gasteiger partial charge in [-0.1, -0.05) is 25.8 Å². The summed E-state index contributed by atoms with van der Waals surface area (Å²) in [4.78, 5) is 16.1. The molecule has 0 atom stereocenters. The molecule has 2 aromatic rings. The topological polar surface area (TPSA) is 42.0 Å². The predicted octanol–water partition coefficient (Wildman–Crippen LogP) is 4.77. The van der Waals surface area contributed by atoms with Gasteiger partial charge in [0.05, 0.1) is 0 Å². The lowest BCUT2D eigenvalue weighted by molar-refractivity contribution is 0.102. The molecule has 1 N–H and O–H groups in total. The lowest BCUT2D eigenvalue weighted by atomic mass is 10.1. The number of nitrogens with zero attached hydrogens (tertiary/aromatic N) is 1. The SMILES string of the molecule is CCCCCc1ccc(C(=O)Nc2ccc(F)c(F)c2)nc1.Cl. The molecule has 3 nitrogen and oxygen atoms in total. The fourth-order valence-electron chi connectivity index (χ4n) is 2.05. The number of unbranched alkanes of at least 4 members (excludes halogenated alkanes) is 2. The average molecular weight is 341 g/mol. The van der Waals surface area contributed by atoms with Crippen LogP contribution in [0, 0.1) is 11.6 Å². The second-order valence-corrected chi connectivity index (χ2v) is 5.09. The van der Waals surface area contributed by atoms with Gasteiger partial charge in [-0.3, -0.25) is 9.78 Å². The number of amides is 1. The highest BCUT2D eigenvalue weighted by Crippen LogP contribution is 2.14. The number of rotatable bonds is 6. The molecule has 6 heteroatoms. The first-order chi connectivity index (χ1) is 10.6. The Morgan fingerprint density at radius 2 is 1.91 bits per heavy atom. The number of hydrogen-bond acceptors (Lipinski definition) is 2. The Morgan fingerprint density at radius 1 is 1.13 bits per heavy atom. The van der Waals surface area contributed by atoms with Crippen LogP contribution in [-0.2, 0) is 6.42 Å². The number of aromatic nitrogens is 1. The van der Waals surface area contributed by atoms with Gasteiger partial charge in [-0.15, -0.1) is 12.4 Å². The van der Waals surface area contributed by atoms with Gasteiger partial charge in [0.1, 0.15) is 5.69 Å². The van der Waals surface area contributed by atoms with E-state index in [1.165, 1.54) is 12.5 Å². The van der Waals surface area contributed by atoms with Crippen LogP contribution in [0.4, 0.5) is 14.5 Å². The van der Waals surface area contributed by atoms with Crippen LogP contribution in [-0.4, -0.2) is 10.9 Å². The molecule has 1 amide bonds. The molecule has 0 spiro atoms. The molecule has 23 heavy (non-hydrogen) atoms. The highest BCUT2D eigenvalue weighted by molar-refractivity contribution is 6.02. The third kappa shape index (κ3) is 5.60. The van der Waals surface area contributed by atoms with Crippen molar-refractivity contribution < 1.29 is 13.6 Å². The standard InChI is InChI=1S/C17H18F2N2O.ClH/c1-2-3-4-5-12-6-9-16(20-11-12)17(22)21-13-7-8-14(18)15(19)10-13;/h6-11H,2-5H2,1H3,(H,21,22);1H. The first kappa shape index (κ1) is 19.0. The molecule has 0 radical (unpaired) electrons. The van der Waals surface area contributed by atoms with Crippen molar-refractivity contribution in [3.8, 4) is 0 Å². The van der Waals surface area contributed by atoms with E-state index in [0.717, 1.165) is 37.0 Å². The van der Waals surface area contributed by atoms with E-state index in [1.54, 1.807) is 12.3 Å². The van der Waals surface area contributed by atoms with E-state index in [1.807, 2.05) is 6.07 Å². The quantitative estimate of drug-likeness (QED) is 0.770. The zero-order valence-corrected chi connectivity index (χ0v) is 13.6. The number of anilines is 1. The number of nitrogens with one attached hydrogen (secondary N) is 1. The molecule has 0 aliphatic rings. The van der Waals surface area contributed by atoms with Gasteiger partial charge in [-0.2, -0.15) is 0 Å². The number of pyridine rings is 1. The smallest absolute Gasteiger partial charge is 0.274 e. The van der Waals surface area contributed by atoms with Crippen molar-refractivity contribution >= 4 is 24.0 Å². The molecule has 124 valence electrons. The van der Waals surface area contributed by atoms with Crippen LogP contribution in [0.3, 0.4) is 0 Å². The van der Waals surface area contributed by atoms with Crippen molar-refractivity contribution in [2.24, 2.45) is 0 Å². The Hall–Kier alpha value is -2.01. The Labute approximate surface area is 140 Å².